The molecule has 0 spiro atoms. The summed E-state index contributed by atoms with van der Waals surface area (Å²) in [6.45, 7) is 0. The highest BCUT2D eigenvalue weighted by molar-refractivity contribution is 6.11. The second-order valence-corrected chi connectivity index (χ2v) is 10.1. The van der Waals surface area contributed by atoms with Crippen LogP contribution in [0.2, 0.25) is 0 Å². The number of nitrogens with zero attached hydrogens (tertiary/aromatic N) is 4. The molecule has 0 aliphatic rings. The maximum atomic E-state index is 4.67. The number of benzene rings is 5. The number of para-hydroxylation sites is 3. The molecule has 0 aliphatic carbocycles. The number of rotatable bonds is 4. The van der Waals surface area contributed by atoms with Crippen molar-refractivity contribution in [3.8, 4) is 39.2 Å². The fraction of sp³-hybridized carbons (Fsp3) is 0. The van der Waals surface area contributed by atoms with Crippen molar-refractivity contribution in [3.05, 3.63) is 146 Å². The molecule has 8 rings (SSSR count). The Kier molecular flexibility index (Phi) is 5.42. The van der Waals surface area contributed by atoms with Crippen molar-refractivity contribution < 1.29 is 0 Å². The lowest BCUT2D eigenvalue weighted by atomic mass is 9.92. The standard InChI is InChI=1S/C37H24N4/c1-3-18-35-30(11-1)31-12-2-4-19-36(31)41(35)37-27(25-9-5-10-26(23-25)34-24-38-21-22-40-34)13-6-15-32(37)28-14-7-17-33-29(28)16-8-20-39-33/h1-24H. The predicted molar refractivity (Wildman–Crippen MR) is 168 cm³/mol. The highest BCUT2D eigenvalue weighted by Gasteiger charge is 2.20. The van der Waals surface area contributed by atoms with Crippen LogP contribution in [0.3, 0.4) is 0 Å². The summed E-state index contributed by atoms with van der Waals surface area (Å²) in [6, 6.07) is 43.1. The molecule has 3 heterocycles. The molecule has 0 fully saturated rings. The molecule has 0 radical (unpaired) electrons. The van der Waals surface area contributed by atoms with Gasteiger partial charge in [0.1, 0.15) is 0 Å². The van der Waals surface area contributed by atoms with Gasteiger partial charge in [-0.3, -0.25) is 15.0 Å². The molecule has 0 N–H and O–H groups in total. The van der Waals surface area contributed by atoms with E-state index in [9.17, 15) is 0 Å². The van der Waals surface area contributed by atoms with Crippen molar-refractivity contribution in [1.82, 2.24) is 19.5 Å². The summed E-state index contributed by atoms with van der Waals surface area (Å²) >= 11 is 0. The Morgan fingerprint density at radius 1 is 0.463 bits per heavy atom. The van der Waals surface area contributed by atoms with Crippen molar-refractivity contribution in [2.75, 3.05) is 0 Å². The van der Waals surface area contributed by atoms with Gasteiger partial charge in [-0.1, -0.05) is 91.0 Å². The van der Waals surface area contributed by atoms with Gasteiger partial charge >= 0.3 is 0 Å². The van der Waals surface area contributed by atoms with E-state index in [1.54, 1.807) is 12.4 Å². The Hall–Kier alpha value is -5.61. The monoisotopic (exact) mass is 524 g/mol. The van der Waals surface area contributed by atoms with Crippen LogP contribution in [-0.2, 0) is 0 Å². The second kappa shape index (κ2) is 9.54. The maximum absolute atomic E-state index is 4.67. The zero-order valence-corrected chi connectivity index (χ0v) is 22.1. The van der Waals surface area contributed by atoms with E-state index < -0.39 is 0 Å². The molecule has 0 saturated heterocycles. The summed E-state index contributed by atoms with van der Waals surface area (Å²) < 4.78 is 2.43. The van der Waals surface area contributed by atoms with Gasteiger partial charge < -0.3 is 4.57 Å². The van der Waals surface area contributed by atoms with Crippen molar-refractivity contribution in [1.29, 1.82) is 0 Å². The molecule has 0 atom stereocenters. The number of aromatic nitrogens is 4. The van der Waals surface area contributed by atoms with Gasteiger partial charge in [0.15, 0.2) is 0 Å². The van der Waals surface area contributed by atoms with Crippen molar-refractivity contribution in [2.24, 2.45) is 0 Å². The Balaban J connectivity index is 1.50. The zero-order chi connectivity index (χ0) is 27.2. The minimum absolute atomic E-state index is 0.851. The summed E-state index contributed by atoms with van der Waals surface area (Å²) in [6.07, 6.45) is 7.11. The van der Waals surface area contributed by atoms with E-state index in [-0.39, 0.29) is 0 Å². The molecule has 0 amide bonds. The van der Waals surface area contributed by atoms with Crippen molar-refractivity contribution in [2.45, 2.75) is 0 Å². The van der Waals surface area contributed by atoms with Crippen LogP contribution >= 0.6 is 0 Å². The quantitative estimate of drug-likeness (QED) is 0.231. The summed E-state index contributed by atoms with van der Waals surface area (Å²) in [5.74, 6) is 0. The molecule has 3 aromatic heterocycles. The smallest absolute Gasteiger partial charge is 0.0885 e. The van der Waals surface area contributed by atoms with Crippen molar-refractivity contribution >= 4 is 32.7 Å². The topological polar surface area (TPSA) is 43.6 Å². The fourth-order valence-electron chi connectivity index (χ4n) is 6.03. The molecule has 5 aromatic carbocycles. The first-order valence-corrected chi connectivity index (χ1v) is 13.7. The predicted octanol–water partition coefficient (Wildman–Crippen LogP) is 9.12. The lowest BCUT2D eigenvalue weighted by Gasteiger charge is -2.20. The highest BCUT2D eigenvalue weighted by Crippen LogP contribution is 2.43. The first kappa shape index (κ1) is 23.3. The molecule has 0 saturated carbocycles. The Morgan fingerprint density at radius 2 is 1.15 bits per heavy atom. The normalized spacial score (nSPS) is 11.4. The largest absolute Gasteiger partial charge is 0.308 e. The average Bonchev–Trinajstić information content (AvgIpc) is 3.39. The van der Waals surface area contributed by atoms with Crippen LogP contribution in [0.4, 0.5) is 0 Å². The van der Waals surface area contributed by atoms with Crippen LogP contribution in [0.25, 0.3) is 71.9 Å². The first-order chi connectivity index (χ1) is 20.4. The first-order valence-electron chi connectivity index (χ1n) is 13.7. The average molecular weight is 525 g/mol. The van der Waals surface area contributed by atoms with E-state index in [0.29, 0.717) is 0 Å². The van der Waals surface area contributed by atoms with Gasteiger partial charge in [0.2, 0.25) is 0 Å². The van der Waals surface area contributed by atoms with Gasteiger partial charge in [-0.2, -0.15) is 0 Å². The third kappa shape index (κ3) is 3.80. The number of fused-ring (bicyclic) bond motifs is 4. The van der Waals surface area contributed by atoms with Crippen LogP contribution in [0.1, 0.15) is 0 Å². The summed E-state index contributed by atoms with van der Waals surface area (Å²) in [5.41, 5.74) is 10.9. The summed E-state index contributed by atoms with van der Waals surface area (Å²) in [4.78, 5) is 13.5. The van der Waals surface area contributed by atoms with E-state index in [4.69, 9.17) is 0 Å². The Morgan fingerprint density at radius 3 is 1.95 bits per heavy atom. The number of hydrogen-bond donors (Lipinski definition) is 0. The highest BCUT2D eigenvalue weighted by atomic mass is 15.0. The van der Waals surface area contributed by atoms with Crippen LogP contribution < -0.4 is 0 Å². The molecule has 4 nitrogen and oxygen atoms in total. The van der Waals surface area contributed by atoms with Crippen molar-refractivity contribution in [3.63, 3.8) is 0 Å². The third-order valence-corrected chi connectivity index (χ3v) is 7.81. The van der Waals surface area contributed by atoms with Gasteiger partial charge in [0.05, 0.1) is 34.1 Å². The van der Waals surface area contributed by atoms with E-state index in [1.165, 1.54) is 21.8 Å². The van der Waals surface area contributed by atoms with Crippen LogP contribution in [0.5, 0.6) is 0 Å². The fourth-order valence-corrected chi connectivity index (χ4v) is 6.03. The molecule has 192 valence electrons. The van der Waals surface area contributed by atoms with Crippen LogP contribution in [0.15, 0.2) is 146 Å². The molecule has 0 unspecified atom stereocenters. The van der Waals surface area contributed by atoms with E-state index in [2.05, 4.69) is 135 Å². The third-order valence-electron chi connectivity index (χ3n) is 7.81. The summed E-state index contributed by atoms with van der Waals surface area (Å²) in [7, 11) is 0. The van der Waals surface area contributed by atoms with Gasteiger partial charge in [-0.15, -0.1) is 0 Å². The molecule has 0 aliphatic heterocycles. The maximum Gasteiger partial charge on any atom is 0.0885 e. The lowest BCUT2D eigenvalue weighted by molar-refractivity contribution is 1.18. The lowest BCUT2D eigenvalue weighted by Crippen LogP contribution is -2.01. The summed E-state index contributed by atoms with van der Waals surface area (Å²) in [5, 5.41) is 3.59. The molecule has 41 heavy (non-hydrogen) atoms. The number of pyridine rings is 1. The Bertz CT molecular complexity index is 2150. The van der Waals surface area contributed by atoms with Gasteiger partial charge in [0, 0.05) is 51.4 Å². The van der Waals surface area contributed by atoms with Crippen LogP contribution in [0, 0.1) is 0 Å². The molecule has 4 heteroatoms. The SMILES string of the molecule is c1cc(-c2cnccn2)cc(-c2cccc(-c3cccc4ncccc34)c2-n2c3ccccc3c3ccccc32)c1. The van der Waals surface area contributed by atoms with Gasteiger partial charge in [-0.05, 0) is 41.5 Å². The molecule has 0 bridgehead atoms. The van der Waals surface area contributed by atoms with Crippen LogP contribution in [-0.4, -0.2) is 19.5 Å². The molecule has 8 aromatic rings. The van der Waals surface area contributed by atoms with Gasteiger partial charge in [-0.25, -0.2) is 0 Å². The second-order valence-electron chi connectivity index (χ2n) is 10.1. The minimum atomic E-state index is 0.851. The van der Waals surface area contributed by atoms with E-state index in [1.807, 2.05) is 18.5 Å². The van der Waals surface area contributed by atoms with E-state index in [0.717, 1.165) is 50.1 Å². The minimum Gasteiger partial charge on any atom is -0.308 e. The van der Waals surface area contributed by atoms with E-state index >= 15 is 0 Å². The Labute approximate surface area is 237 Å². The molecular weight excluding hydrogens is 500 g/mol. The molecular formula is C37H24N4. The zero-order valence-electron chi connectivity index (χ0n) is 22.1. The number of hydrogen-bond acceptors (Lipinski definition) is 3. The van der Waals surface area contributed by atoms with Gasteiger partial charge in [0.25, 0.3) is 0 Å².